The van der Waals surface area contributed by atoms with Gasteiger partial charge in [0.2, 0.25) is 6.29 Å². The molecule has 0 fully saturated rings. The Labute approximate surface area is 72.1 Å². The Hall–Kier alpha value is -1.28. The Bertz CT molecular complexity index is 231. The van der Waals surface area contributed by atoms with Crippen LogP contribution in [0.2, 0.25) is 0 Å². The van der Waals surface area contributed by atoms with Gasteiger partial charge in [0, 0.05) is 6.42 Å². The highest BCUT2D eigenvalue weighted by atomic mass is 16.6. The number of para-hydroxylation sites is 1. The summed E-state index contributed by atoms with van der Waals surface area (Å²) in [4.78, 5) is 0. The number of benzene rings is 1. The topological polar surface area (TPSA) is 29.5 Å². The van der Waals surface area contributed by atoms with E-state index >= 15 is 0 Å². The van der Waals surface area contributed by atoms with E-state index in [1.54, 1.807) is 18.2 Å². The molecule has 1 atom stereocenters. The molecule has 0 amide bonds. The van der Waals surface area contributed by atoms with Crippen molar-refractivity contribution in [2.45, 2.75) is 12.7 Å². The molecular formula is C10H12O2. The zero-order chi connectivity index (χ0) is 8.81. The summed E-state index contributed by atoms with van der Waals surface area (Å²) in [5, 5.41) is 9.21. The van der Waals surface area contributed by atoms with Crippen molar-refractivity contribution in [2.24, 2.45) is 0 Å². The fourth-order valence-electron chi connectivity index (χ4n) is 0.847. The Balaban J connectivity index is 2.46. The van der Waals surface area contributed by atoms with Crippen molar-refractivity contribution in [2.75, 3.05) is 0 Å². The summed E-state index contributed by atoms with van der Waals surface area (Å²) in [6.07, 6.45) is 1.27. The average Bonchev–Trinajstić information content (AvgIpc) is 2.06. The smallest absolute Gasteiger partial charge is 0.200 e. The number of hydrogen-bond acceptors (Lipinski definition) is 2. The van der Waals surface area contributed by atoms with Crippen molar-refractivity contribution >= 4 is 0 Å². The third-order valence-electron chi connectivity index (χ3n) is 1.38. The van der Waals surface area contributed by atoms with Crippen LogP contribution in [0.4, 0.5) is 0 Å². The molecule has 2 heteroatoms. The molecule has 0 bridgehead atoms. The first-order valence-electron chi connectivity index (χ1n) is 3.83. The maximum atomic E-state index is 9.21. The number of ether oxygens (including phenoxy) is 1. The van der Waals surface area contributed by atoms with Gasteiger partial charge in [0.15, 0.2) is 0 Å². The highest BCUT2D eigenvalue weighted by Crippen LogP contribution is 2.10. The van der Waals surface area contributed by atoms with Crippen LogP contribution in [0.1, 0.15) is 6.42 Å². The summed E-state index contributed by atoms with van der Waals surface area (Å²) < 4.78 is 5.14. The maximum absolute atomic E-state index is 9.21. The first-order chi connectivity index (χ1) is 5.83. The third kappa shape index (κ3) is 2.76. The van der Waals surface area contributed by atoms with Gasteiger partial charge in [0.1, 0.15) is 5.75 Å². The van der Waals surface area contributed by atoms with Crippen LogP contribution < -0.4 is 4.74 Å². The molecule has 1 aromatic rings. The lowest BCUT2D eigenvalue weighted by atomic mass is 10.3. The third-order valence-corrected chi connectivity index (χ3v) is 1.38. The second-order valence-corrected chi connectivity index (χ2v) is 2.41. The van der Waals surface area contributed by atoms with Crippen LogP contribution in [-0.2, 0) is 0 Å². The van der Waals surface area contributed by atoms with Crippen LogP contribution in [0.15, 0.2) is 43.0 Å². The molecule has 0 aliphatic carbocycles. The molecule has 0 spiro atoms. The lowest BCUT2D eigenvalue weighted by molar-refractivity contribution is -0.0136. The molecule has 64 valence electrons. The minimum atomic E-state index is -0.787. The summed E-state index contributed by atoms with van der Waals surface area (Å²) in [5.41, 5.74) is 0. The van der Waals surface area contributed by atoms with Gasteiger partial charge < -0.3 is 9.84 Å². The molecule has 0 aliphatic heterocycles. The molecule has 0 aromatic heterocycles. The Morgan fingerprint density at radius 1 is 1.42 bits per heavy atom. The summed E-state index contributed by atoms with van der Waals surface area (Å²) in [5.74, 6) is 0.673. The minimum Gasteiger partial charge on any atom is -0.465 e. The lowest BCUT2D eigenvalue weighted by Crippen LogP contribution is -2.13. The monoisotopic (exact) mass is 164 g/mol. The van der Waals surface area contributed by atoms with Crippen molar-refractivity contribution < 1.29 is 9.84 Å². The maximum Gasteiger partial charge on any atom is 0.200 e. The fraction of sp³-hybridized carbons (Fsp3) is 0.200. The number of aliphatic hydroxyl groups excluding tert-OH is 1. The van der Waals surface area contributed by atoms with Crippen molar-refractivity contribution in [3.8, 4) is 5.75 Å². The Morgan fingerprint density at radius 3 is 2.67 bits per heavy atom. The van der Waals surface area contributed by atoms with Gasteiger partial charge in [0.25, 0.3) is 0 Å². The van der Waals surface area contributed by atoms with Crippen LogP contribution in [-0.4, -0.2) is 11.4 Å². The van der Waals surface area contributed by atoms with Gasteiger partial charge >= 0.3 is 0 Å². The van der Waals surface area contributed by atoms with Crippen LogP contribution >= 0.6 is 0 Å². The van der Waals surface area contributed by atoms with Crippen LogP contribution in [0.25, 0.3) is 0 Å². The molecule has 1 rings (SSSR count). The molecule has 1 aromatic carbocycles. The molecule has 0 radical (unpaired) electrons. The van der Waals surface area contributed by atoms with E-state index in [4.69, 9.17) is 4.74 Å². The number of hydrogen-bond donors (Lipinski definition) is 1. The molecule has 0 aliphatic rings. The van der Waals surface area contributed by atoms with Gasteiger partial charge in [-0.25, -0.2) is 0 Å². The van der Waals surface area contributed by atoms with E-state index in [1.165, 1.54) is 0 Å². The number of rotatable bonds is 4. The fourth-order valence-corrected chi connectivity index (χ4v) is 0.847. The zero-order valence-electron chi connectivity index (χ0n) is 6.81. The van der Waals surface area contributed by atoms with E-state index in [9.17, 15) is 5.11 Å². The molecule has 0 saturated carbocycles. The minimum absolute atomic E-state index is 0.439. The highest BCUT2D eigenvalue weighted by Gasteiger charge is 2.01. The SMILES string of the molecule is C=CCC(O)Oc1ccccc1. The quantitative estimate of drug-likeness (QED) is 0.544. The summed E-state index contributed by atoms with van der Waals surface area (Å²) >= 11 is 0. The average molecular weight is 164 g/mol. The predicted molar refractivity (Wildman–Crippen MR) is 47.9 cm³/mol. The van der Waals surface area contributed by atoms with Crippen molar-refractivity contribution in [3.63, 3.8) is 0 Å². The standard InChI is InChI=1S/C10H12O2/c1-2-6-10(11)12-9-7-4-3-5-8-9/h2-5,7-8,10-11H,1,6H2. The first kappa shape index (κ1) is 8.81. The van der Waals surface area contributed by atoms with Gasteiger partial charge in [-0.05, 0) is 12.1 Å². The second kappa shape index (κ2) is 4.57. The van der Waals surface area contributed by atoms with E-state index in [2.05, 4.69) is 6.58 Å². The van der Waals surface area contributed by atoms with Gasteiger partial charge in [-0.2, -0.15) is 0 Å². The van der Waals surface area contributed by atoms with Crippen molar-refractivity contribution in [1.82, 2.24) is 0 Å². The number of aliphatic hydroxyl groups is 1. The Kier molecular flexibility index (Phi) is 3.35. The van der Waals surface area contributed by atoms with Gasteiger partial charge in [-0.1, -0.05) is 24.3 Å². The molecular weight excluding hydrogens is 152 g/mol. The molecule has 1 N–H and O–H groups in total. The van der Waals surface area contributed by atoms with Crippen molar-refractivity contribution in [3.05, 3.63) is 43.0 Å². The van der Waals surface area contributed by atoms with Crippen molar-refractivity contribution in [1.29, 1.82) is 0 Å². The molecule has 0 heterocycles. The summed E-state index contributed by atoms with van der Waals surface area (Å²) in [6, 6.07) is 9.21. The van der Waals surface area contributed by atoms with Gasteiger partial charge in [-0.15, -0.1) is 6.58 Å². The van der Waals surface area contributed by atoms with E-state index in [0.717, 1.165) is 0 Å². The second-order valence-electron chi connectivity index (χ2n) is 2.41. The molecule has 0 saturated heterocycles. The summed E-state index contributed by atoms with van der Waals surface area (Å²) in [7, 11) is 0. The zero-order valence-corrected chi connectivity index (χ0v) is 6.81. The van der Waals surface area contributed by atoms with Crippen LogP contribution in [0.3, 0.4) is 0 Å². The van der Waals surface area contributed by atoms with E-state index < -0.39 is 6.29 Å². The van der Waals surface area contributed by atoms with Gasteiger partial charge in [-0.3, -0.25) is 0 Å². The molecule has 12 heavy (non-hydrogen) atoms. The largest absolute Gasteiger partial charge is 0.465 e. The van der Waals surface area contributed by atoms with E-state index in [1.807, 2.05) is 18.2 Å². The van der Waals surface area contributed by atoms with E-state index in [0.29, 0.717) is 12.2 Å². The summed E-state index contributed by atoms with van der Waals surface area (Å²) in [6.45, 7) is 3.50. The Morgan fingerprint density at radius 2 is 2.08 bits per heavy atom. The van der Waals surface area contributed by atoms with Crippen LogP contribution in [0.5, 0.6) is 5.75 Å². The molecule has 1 unspecified atom stereocenters. The predicted octanol–water partition coefficient (Wildman–Crippen LogP) is 1.96. The van der Waals surface area contributed by atoms with Gasteiger partial charge in [0.05, 0.1) is 0 Å². The lowest BCUT2D eigenvalue weighted by Gasteiger charge is -2.10. The van der Waals surface area contributed by atoms with Crippen LogP contribution in [0, 0.1) is 0 Å². The normalized spacial score (nSPS) is 12.1. The molecule has 2 nitrogen and oxygen atoms in total. The van der Waals surface area contributed by atoms with E-state index in [-0.39, 0.29) is 0 Å². The highest BCUT2D eigenvalue weighted by molar-refractivity contribution is 5.21. The first-order valence-corrected chi connectivity index (χ1v) is 3.83.